The van der Waals surface area contributed by atoms with Gasteiger partial charge in [0.15, 0.2) is 6.10 Å². The number of carbonyl (C=O) groups is 2. The fourth-order valence-corrected chi connectivity index (χ4v) is 4.27. The number of piperidine rings is 1. The lowest BCUT2D eigenvalue weighted by Gasteiger charge is -2.30. The topological polar surface area (TPSA) is 92.8 Å². The molecule has 1 aliphatic rings. The molecule has 1 aromatic rings. The van der Waals surface area contributed by atoms with E-state index in [-0.39, 0.29) is 23.9 Å². The number of hydrogen-bond acceptors (Lipinski definition) is 5. The summed E-state index contributed by atoms with van der Waals surface area (Å²) in [6.07, 6.45) is 0.517. The number of halogens is 1. The molecule has 0 spiro atoms. The highest BCUT2D eigenvalue weighted by Gasteiger charge is 2.33. The monoisotopic (exact) mass is 400 g/mol. The van der Waals surface area contributed by atoms with Gasteiger partial charge >= 0.3 is 5.97 Å². The van der Waals surface area contributed by atoms with Crippen LogP contribution in [0.5, 0.6) is 0 Å². The molecule has 0 aliphatic carbocycles. The number of benzene rings is 1. The Hall–Kier alpha value is -2.00. The van der Waals surface area contributed by atoms with E-state index in [9.17, 15) is 22.4 Å². The van der Waals surface area contributed by atoms with E-state index >= 15 is 0 Å². The summed E-state index contributed by atoms with van der Waals surface area (Å²) in [6.45, 7) is 4.27. The maximum Gasteiger partial charge on any atom is 0.309 e. The predicted octanol–water partition coefficient (Wildman–Crippen LogP) is 1.68. The Kier molecular flexibility index (Phi) is 7.32. The highest BCUT2D eigenvalue weighted by atomic mass is 32.2. The Morgan fingerprint density at radius 1 is 1.26 bits per heavy atom. The molecule has 1 amide bonds. The lowest BCUT2D eigenvalue weighted by atomic mass is 9.98. The summed E-state index contributed by atoms with van der Waals surface area (Å²) in [5.41, 5.74) is 0. The normalized spacial score (nSPS) is 17.3. The lowest BCUT2D eigenvalue weighted by molar-refractivity contribution is -0.159. The van der Waals surface area contributed by atoms with E-state index in [1.165, 1.54) is 23.4 Å². The second-order valence-electron chi connectivity index (χ2n) is 6.50. The van der Waals surface area contributed by atoms with Crippen LogP contribution in [0.1, 0.15) is 33.1 Å². The molecular weight excluding hydrogens is 375 g/mol. The summed E-state index contributed by atoms with van der Waals surface area (Å²) in [5, 5.41) is 2.66. The molecule has 1 N–H and O–H groups in total. The van der Waals surface area contributed by atoms with Gasteiger partial charge in [-0.2, -0.15) is 4.31 Å². The molecule has 9 heteroatoms. The number of esters is 1. The highest BCUT2D eigenvalue weighted by Crippen LogP contribution is 2.25. The number of hydrogen-bond donors (Lipinski definition) is 1. The van der Waals surface area contributed by atoms with Crippen LogP contribution < -0.4 is 5.32 Å². The number of rotatable bonds is 7. The zero-order valence-electron chi connectivity index (χ0n) is 15.5. The molecule has 1 fully saturated rings. The van der Waals surface area contributed by atoms with Crippen LogP contribution in [-0.4, -0.2) is 50.3 Å². The first-order valence-electron chi connectivity index (χ1n) is 8.99. The van der Waals surface area contributed by atoms with Gasteiger partial charge in [-0.05, 0) is 50.5 Å². The third-order valence-corrected chi connectivity index (χ3v) is 6.36. The summed E-state index contributed by atoms with van der Waals surface area (Å²) in [6, 6.07) is 4.65. The van der Waals surface area contributed by atoms with Gasteiger partial charge in [-0.3, -0.25) is 9.59 Å². The zero-order chi connectivity index (χ0) is 20.0. The van der Waals surface area contributed by atoms with Gasteiger partial charge < -0.3 is 10.1 Å². The summed E-state index contributed by atoms with van der Waals surface area (Å²) in [7, 11) is -3.72. The quantitative estimate of drug-likeness (QED) is 0.703. The van der Waals surface area contributed by atoms with Gasteiger partial charge in [-0.1, -0.05) is 6.92 Å². The number of nitrogens with one attached hydrogen (secondary N) is 1. The van der Waals surface area contributed by atoms with Crippen LogP contribution in [0, 0.1) is 11.7 Å². The van der Waals surface area contributed by atoms with E-state index < -0.39 is 33.8 Å². The number of sulfonamides is 1. The van der Waals surface area contributed by atoms with Crippen molar-refractivity contribution in [3.8, 4) is 0 Å². The van der Waals surface area contributed by atoms with E-state index in [0.29, 0.717) is 19.4 Å². The average Bonchev–Trinajstić information content (AvgIpc) is 2.66. The maximum atomic E-state index is 13.0. The minimum Gasteiger partial charge on any atom is -0.452 e. The molecule has 1 heterocycles. The van der Waals surface area contributed by atoms with Gasteiger partial charge in [0.25, 0.3) is 5.91 Å². The van der Waals surface area contributed by atoms with Crippen LogP contribution in [0.3, 0.4) is 0 Å². The van der Waals surface area contributed by atoms with Crippen LogP contribution >= 0.6 is 0 Å². The van der Waals surface area contributed by atoms with Crippen LogP contribution in [0.15, 0.2) is 29.2 Å². The molecule has 27 heavy (non-hydrogen) atoms. The minimum absolute atomic E-state index is 0.0196. The van der Waals surface area contributed by atoms with Gasteiger partial charge in [0.1, 0.15) is 5.82 Å². The van der Waals surface area contributed by atoms with Crippen LogP contribution in [0.25, 0.3) is 0 Å². The summed E-state index contributed by atoms with van der Waals surface area (Å²) < 4.78 is 44.6. The van der Waals surface area contributed by atoms with Crippen molar-refractivity contribution >= 4 is 21.9 Å². The van der Waals surface area contributed by atoms with E-state index in [1.807, 2.05) is 6.92 Å². The van der Waals surface area contributed by atoms with Crippen molar-refractivity contribution in [2.75, 3.05) is 19.6 Å². The summed E-state index contributed by atoms with van der Waals surface area (Å²) >= 11 is 0. The first-order chi connectivity index (χ1) is 12.8. The molecule has 0 bridgehead atoms. The van der Waals surface area contributed by atoms with Crippen molar-refractivity contribution in [1.82, 2.24) is 9.62 Å². The zero-order valence-corrected chi connectivity index (χ0v) is 16.3. The molecule has 0 aromatic heterocycles. The standard InChI is InChI=1S/C18H25FN2O5S/c1-3-10-20-17(22)13(2)26-18(23)14-8-11-21(12-9-14)27(24,25)16-6-4-15(19)5-7-16/h4-7,13-14H,3,8-12H2,1-2H3,(H,20,22)/t13-/m0/s1. The molecule has 1 saturated heterocycles. The molecule has 1 atom stereocenters. The molecule has 0 radical (unpaired) electrons. The fraction of sp³-hybridized carbons (Fsp3) is 0.556. The number of carbonyl (C=O) groups excluding carboxylic acids is 2. The fourth-order valence-electron chi connectivity index (χ4n) is 2.80. The van der Waals surface area contributed by atoms with Crippen molar-refractivity contribution in [3.63, 3.8) is 0 Å². The third-order valence-electron chi connectivity index (χ3n) is 4.45. The van der Waals surface area contributed by atoms with Gasteiger partial charge in [-0.25, -0.2) is 12.8 Å². The van der Waals surface area contributed by atoms with Gasteiger partial charge in [0.2, 0.25) is 10.0 Å². The van der Waals surface area contributed by atoms with Crippen LogP contribution in [0.2, 0.25) is 0 Å². The lowest BCUT2D eigenvalue weighted by Crippen LogP contribution is -2.42. The maximum absolute atomic E-state index is 13.0. The number of nitrogens with zero attached hydrogens (tertiary/aromatic N) is 1. The molecule has 0 unspecified atom stereocenters. The van der Waals surface area contributed by atoms with E-state index in [1.54, 1.807) is 0 Å². The van der Waals surface area contributed by atoms with E-state index in [4.69, 9.17) is 4.74 Å². The minimum atomic E-state index is -3.72. The Labute approximate surface area is 158 Å². The van der Waals surface area contributed by atoms with Gasteiger partial charge in [0, 0.05) is 19.6 Å². The third kappa shape index (κ3) is 5.49. The van der Waals surface area contributed by atoms with Crippen molar-refractivity contribution < 1.29 is 27.1 Å². The molecule has 7 nitrogen and oxygen atoms in total. The molecule has 1 aliphatic heterocycles. The second-order valence-corrected chi connectivity index (χ2v) is 8.44. The first-order valence-corrected chi connectivity index (χ1v) is 10.4. The Bertz CT molecular complexity index is 758. The van der Waals surface area contributed by atoms with E-state index in [0.717, 1.165) is 18.6 Å². The van der Waals surface area contributed by atoms with Crippen LogP contribution in [0.4, 0.5) is 4.39 Å². The second kappa shape index (κ2) is 9.27. The largest absolute Gasteiger partial charge is 0.452 e. The molecule has 150 valence electrons. The SMILES string of the molecule is CCCNC(=O)[C@H](C)OC(=O)C1CCN(S(=O)(=O)c2ccc(F)cc2)CC1. The van der Waals surface area contributed by atoms with Crippen molar-refractivity contribution in [2.24, 2.45) is 5.92 Å². The molecule has 2 rings (SSSR count). The summed E-state index contributed by atoms with van der Waals surface area (Å²) in [4.78, 5) is 24.0. The number of amides is 1. The predicted molar refractivity (Wildman–Crippen MR) is 96.7 cm³/mol. The van der Waals surface area contributed by atoms with Crippen molar-refractivity contribution in [2.45, 2.75) is 44.1 Å². The smallest absolute Gasteiger partial charge is 0.309 e. The van der Waals surface area contributed by atoms with Crippen molar-refractivity contribution in [3.05, 3.63) is 30.1 Å². The average molecular weight is 400 g/mol. The Morgan fingerprint density at radius 2 is 1.85 bits per heavy atom. The van der Waals surface area contributed by atoms with Gasteiger partial charge in [0.05, 0.1) is 10.8 Å². The molecular formula is C18H25FN2O5S. The first kappa shape index (κ1) is 21.3. The highest BCUT2D eigenvalue weighted by molar-refractivity contribution is 7.89. The van der Waals surface area contributed by atoms with Crippen LogP contribution in [-0.2, 0) is 24.3 Å². The number of ether oxygens (including phenoxy) is 1. The molecule has 1 aromatic carbocycles. The Morgan fingerprint density at radius 3 is 2.41 bits per heavy atom. The summed E-state index contributed by atoms with van der Waals surface area (Å²) in [5.74, 6) is -1.80. The Balaban J connectivity index is 1.89. The van der Waals surface area contributed by atoms with E-state index in [2.05, 4.69) is 5.32 Å². The molecule has 0 saturated carbocycles. The van der Waals surface area contributed by atoms with Gasteiger partial charge in [-0.15, -0.1) is 0 Å². The van der Waals surface area contributed by atoms with Crippen molar-refractivity contribution in [1.29, 1.82) is 0 Å².